The van der Waals surface area contributed by atoms with Gasteiger partial charge in [-0.2, -0.15) is 0 Å². The second-order valence-corrected chi connectivity index (χ2v) is 4.28. The van der Waals surface area contributed by atoms with Crippen LogP contribution in [0.1, 0.15) is 26.3 Å². The van der Waals surface area contributed by atoms with Gasteiger partial charge in [-0.15, -0.1) is 0 Å². The zero-order chi connectivity index (χ0) is 12.1. The average molecular weight is 221 g/mol. The largest absolute Gasteiger partial charge is 0.488 e. The van der Waals surface area contributed by atoms with Crippen molar-refractivity contribution in [1.29, 1.82) is 0 Å². The highest BCUT2D eigenvalue weighted by Gasteiger charge is 2.12. The summed E-state index contributed by atoms with van der Waals surface area (Å²) in [5, 5.41) is 18.2. The fraction of sp³-hybridized carbons (Fsp3) is 0.500. The lowest BCUT2D eigenvalue weighted by Gasteiger charge is -2.24. The van der Waals surface area contributed by atoms with E-state index >= 15 is 0 Å². The second-order valence-electron chi connectivity index (χ2n) is 4.28. The Morgan fingerprint density at radius 3 is 2.50 bits per heavy atom. The van der Waals surface area contributed by atoms with Gasteiger partial charge in [0.2, 0.25) is 0 Å². The lowest BCUT2D eigenvalue weighted by molar-refractivity contribution is 0.225. The summed E-state index contributed by atoms with van der Waals surface area (Å²) in [5.74, 6) is 0. The maximum atomic E-state index is 9.09. The topological polar surface area (TPSA) is 43.7 Å². The van der Waals surface area contributed by atoms with Crippen LogP contribution in [0.25, 0.3) is 0 Å². The molecule has 0 saturated heterocycles. The monoisotopic (exact) mass is 221 g/mol. The molecule has 0 saturated carbocycles. The molecule has 0 heterocycles. The third kappa shape index (κ3) is 3.63. The van der Waals surface area contributed by atoms with Gasteiger partial charge in [0, 0.05) is 12.6 Å². The molecule has 3 nitrogen and oxygen atoms in total. The molecule has 0 aromatic heterocycles. The van der Waals surface area contributed by atoms with Crippen molar-refractivity contribution in [2.75, 3.05) is 6.54 Å². The summed E-state index contributed by atoms with van der Waals surface area (Å²) < 4.78 is 0. The predicted octanol–water partition coefficient (Wildman–Crippen LogP) is 0.597. The maximum Gasteiger partial charge on any atom is 0.488 e. The first kappa shape index (κ1) is 13.2. The van der Waals surface area contributed by atoms with Crippen LogP contribution in [0.15, 0.2) is 24.3 Å². The molecule has 2 N–H and O–H groups in total. The van der Waals surface area contributed by atoms with Crippen molar-refractivity contribution in [2.45, 2.75) is 33.4 Å². The van der Waals surface area contributed by atoms with Crippen LogP contribution in [-0.2, 0) is 6.54 Å². The maximum absolute atomic E-state index is 9.09. The Balaban J connectivity index is 2.76. The Bertz CT molecular complexity index is 329. The number of benzene rings is 1. The molecule has 0 amide bonds. The molecule has 0 fully saturated rings. The first-order valence-electron chi connectivity index (χ1n) is 5.73. The molecule has 0 aliphatic heterocycles. The predicted molar refractivity (Wildman–Crippen MR) is 67.5 cm³/mol. The van der Waals surface area contributed by atoms with Crippen molar-refractivity contribution >= 4 is 12.6 Å². The van der Waals surface area contributed by atoms with E-state index in [9.17, 15) is 0 Å². The highest BCUT2D eigenvalue weighted by Crippen LogP contribution is 2.06. The summed E-state index contributed by atoms with van der Waals surface area (Å²) in [6.45, 7) is 8.28. The first-order chi connectivity index (χ1) is 7.54. The third-order valence-corrected chi connectivity index (χ3v) is 2.77. The molecule has 0 unspecified atom stereocenters. The molecule has 1 aromatic rings. The summed E-state index contributed by atoms with van der Waals surface area (Å²) >= 11 is 0. The van der Waals surface area contributed by atoms with Gasteiger partial charge < -0.3 is 10.0 Å². The van der Waals surface area contributed by atoms with Crippen LogP contribution in [-0.4, -0.2) is 34.7 Å². The van der Waals surface area contributed by atoms with Gasteiger partial charge in [0.1, 0.15) is 0 Å². The quantitative estimate of drug-likeness (QED) is 0.715. The van der Waals surface area contributed by atoms with Gasteiger partial charge in [-0.1, -0.05) is 31.2 Å². The Morgan fingerprint density at radius 1 is 1.31 bits per heavy atom. The van der Waals surface area contributed by atoms with E-state index in [1.165, 1.54) is 0 Å². The van der Waals surface area contributed by atoms with Crippen molar-refractivity contribution in [2.24, 2.45) is 0 Å². The smallest absolute Gasteiger partial charge is 0.423 e. The molecule has 0 aliphatic carbocycles. The van der Waals surface area contributed by atoms with E-state index in [0.29, 0.717) is 11.5 Å². The van der Waals surface area contributed by atoms with E-state index in [0.717, 1.165) is 18.7 Å². The number of nitrogens with zero attached hydrogens (tertiary/aromatic N) is 1. The summed E-state index contributed by atoms with van der Waals surface area (Å²) in [5.41, 5.74) is 1.67. The van der Waals surface area contributed by atoms with E-state index in [-0.39, 0.29) is 0 Å². The number of hydrogen-bond acceptors (Lipinski definition) is 3. The van der Waals surface area contributed by atoms with Gasteiger partial charge in [0.05, 0.1) is 0 Å². The zero-order valence-electron chi connectivity index (χ0n) is 10.2. The lowest BCUT2D eigenvalue weighted by atomic mass is 9.79. The Hall–Kier alpha value is -0.835. The van der Waals surface area contributed by atoms with Gasteiger partial charge in [0.15, 0.2) is 0 Å². The molecule has 88 valence electrons. The van der Waals surface area contributed by atoms with Gasteiger partial charge in [-0.25, -0.2) is 0 Å². The van der Waals surface area contributed by atoms with Gasteiger partial charge >= 0.3 is 7.12 Å². The van der Waals surface area contributed by atoms with Crippen LogP contribution < -0.4 is 5.46 Å². The van der Waals surface area contributed by atoms with Gasteiger partial charge in [-0.05, 0) is 31.4 Å². The zero-order valence-corrected chi connectivity index (χ0v) is 10.2. The van der Waals surface area contributed by atoms with Crippen LogP contribution >= 0.6 is 0 Å². The van der Waals surface area contributed by atoms with Crippen LogP contribution in [0.5, 0.6) is 0 Å². The normalized spacial score (nSPS) is 11.2. The molecule has 1 rings (SSSR count). The second kappa shape index (κ2) is 6.04. The summed E-state index contributed by atoms with van der Waals surface area (Å²) in [7, 11) is -1.38. The standard InChI is InChI=1S/C12H20BNO2/c1-4-14(10(2)3)9-11-6-5-7-12(8-11)13(15)16/h5-8,10,15-16H,4,9H2,1-3H3. The van der Waals surface area contributed by atoms with Crippen molar-refractivity contribution < 1.29 is 10.0 Å². The summed E-state index contributed by atoms with van der Waals surface area (Å²) in [6, 6.07) is 7.93. The van der Waals surface area contributed by atoms with Crippen LogP contribution in [0.3, 0.4) is 0 Å². The van der Waals surface area contributed by atoms with Gasteiger partial charge in [0.25, 0.3) is 0 Å². The van der Waals surface area contributed by atoms with Crippen molar-refractivity contribution in [3.05, 3.63) is 29.8 Å². The third-order valence-electron chi connectivity index (χ3n) is 2.77. The molecular weight excluding hydrogens is 201 g/mol. The van der Waals surface area contributed by atoms with Crippen LogP contribution in [0, 0.1) is 0 Å². The highest BCUT2D eigenvalue weighted by molar-refractivity contribution is 6.58. The Labute approximate surface area is 97.9 Å². The fourth-order valence-electron chi connectivity index (χ4n) is 1.75. The Morgan fingerprint density at radius 2 is 2.00 bits per heavy atom. The molecule has 0 atom stereocenters. The summed E-state index contributed by atoms with van der Waals surface area (Å²) in [4.78, 5) is 2.32. The minimum absolute atomic E-state index is 0.493. The highest BCUT2D eigenvalue weighted by atomic mass is 16.4. The molecule has 0 bridgehead atoms. The SMILES string of the molecule is CCN(Cc1cccc(B(O)O)c1)C(C)C. The minimum atomic E-state index is -1.38. The van der Waals surface area contributed by atoms with E-state index in [1.807, 2.05) is 18.2 Å². The molecule has 1 aromatic carbocycles. The van der Waals surface area contributed by atoms with E-state index in [4.69, 9.17) is 10.0 Å². The van der Waals surface area contributed by atoms with Crippen LogP contribution in [0.2, 0.25) is 0 Å². The van der Waals surface area contributed by atoms with E-state index < -0.39 is 7.12 Å². The van der Waals surface area contributed by atoms with Crippen molar-refractivity contribution in [3.8, 4) is 0 Å². The van der Waals surface area contributed by atoms with Crippen LogP contribution in [0.4, 0.5) is 0 Å². The Kier molecular flexibility index (Phi) is 4.99. The molecule has 0 aliphatic rings. The molecule has 0 radical (unpaired) electrons. The summed E-state index contributed by atoms with van der Waals surface area (Å²) in [6.07, 6.45) is 0. The van der Waals surface area contributed by atoms with Crippen molar-refractivity contribution in [3.63, 3.8) is 0 Å². The van der Waals surface area contributed by atoms with E-state index in [2.05, 4.69) is 25.7 Å². The average Bonchev–Trinajstić information content (AvgIpc) is 2.25. The molecule has 4 heteroatoms. The van der Waals surface area contributed by atoms with E-state index in [1.54, 1.807) is 6.07 Å². The first-order valence-corrected chi connectivity index (χ1v) is 5.73. The molecule has 0 spiro atoms. The molecule has 16 heavy (non-hydrogen) atoms. The molecular formula is C12H20BNO2. The number of rotatable bonds is 5. The van der Waals surface area contributed by atoms with Crippen molar-refractivity contribution in [1.82, 2.24) is 4.90 Å². The minimum Gasteiger partial charge on any atom is -0.423 e. The fourth-order valence-corrected chi connectivity index (χ4v) is 1.75. The lowest BCUT2D eigenvalue weighted by Crippen LogP contribution is -2.32. The number of hydrogen-bond donors (Lipinski definition) is 2. The van der Waals surface area contributed by atoms with Gasteiger partial charge in [-0.3, -0.25) is 4.90 Å².